The summed E-state index contributed by atoms with van der Waals surface area (Å²) in [5.74, 6) is -0.0134. The van der Waals surface area contributed by atoms with Gasteiger partial charge in [0.05, 0.1) is 30.1 Å². The van der Waals surface area contributed by atoms with E-state index in [0.29, 0.717) is 24.0 Å². The highest BCUT2D eigenvalue weighted by molar-refractivity contribution is 6.64. The molecular weight excluding hydrogens is 229 g/mol. The van der Waals surface area contributed by atoms with Crippen molar-refractivity contribution in [2.45, 2.75) is 6.54 Å². The molecule has 18 heavy (non-hydrogen) atoms. The summed E-state index contributed by atoms with van der Waals surface area (Å²) in [4.78, 5) is 32.6. The maximum absolute atomic E-state index is 12.0. The monoisotopic (exact) mass is 238 g/mol. The van der Waals surface area contributed by atoms with Gasteiger partial charge < -0.3 is 9.61 Å². The van der Waals surface area contributed by atoms with Gasteiger partial charge in [-0.25, -0.2) is 4.98 Å². The summed E-state index contributed by atoms with van der Waals surface area (Å²) in [5.41, 5.74) is 2.10. The Bertz CT molecular complexity index is 644. The van der Waals surface area contributed by atoms with Crippen LogP contribution in [0.5, 0.6) is 0 Å². The first-order chi connectivity index (χ1) is 8.78. The summed E-state index contributed by atoms with van der Waals surface area (Å²) in [6.45, 7) is 0.703. The van der Waals surface area contributed by atoms with Crippen molar-refractivity contribution in [3.63, 3.8) is 0 Å². The second-order valence-electron chi connectivity index (χ2n) is 4.16. The van der Waals surface area contributed by atoms with Crippen LogP contribution in [-0.2, 0) is 11.3 Å². The Kier molecular flexibility index (Phi) is 2.64. The SMILES string of the molecule is O=C[B]N1CC(=O)c2cc3ccncc3nc2C1. The second kappa shape index (κ2) is 4.31. The number of rotatable bonds is 2. The lowest BCUT2D eigenvalue weighted by Gasteiger charge is -2.25. The van der Waals surface area contributed by atoms with E-state index in [0.717, 1.165) is 10.9 Å². The molecule has 3 heterocycles. The highest BCUT2D eigenvalue weighted by Crippen LogP contribution is 2.21. The van der Waals surface area contributed by atoms with E-state index in [-0.39, 0.29) is 12.3 Å². The van der Waals surface area contributed by atoms with Crippen LogP contribution in [0, 0.1) is 0 Å². The van der Waals surface area contributed by atoms with Crippen LogP contribution >= 0.6 is 0 Å². The number of nitrogens with zero attached hydrogens (tertiary/aromatic N) is 3. The molecule has 0 saturated heterocycles. The fraction of sp³-hybridized carbons (Fsp3) is 0.167. The Morgan fingerprint density at radius 2 is 2.28 bits per heavy atom. The predicted molar refractivity (Wildman–Crippen MR) is 66.8 cm³/mol. The van der Waals surface area contributed by atoms with Crippen LogP contribution in [-0.4, -0.2) is 40.7 Å². The van der Waals surface area contributed by atoms with Crippen molar-refractivity contribution < 1.29 is 9.59 Å². The van der Waals surface area contributed by atoms with E-state index < -0.39 is 0 Å². The third kappa shape index (κ3) is 1.80. The molecule has 2 aromatic rings. The number of carbonyl (C=O) groups excluding carboxylic acids is 2. The highest BCUT2D eigenvalue weighted by Gasteiger charge is 2.24. The van der Waals surface area contributed by atoms with Crippen LogP contribution in [0.15, 0.2) is 24.5 Å². The van der Waals surface area contributed by atoms with Gasteiger partial charge in [0.2, 0.25) is 0 Å². The molecular formula is C12H9BN3O2. The van der Waals surface area contributed by atoms with Crippen molar-refractivity contribution in [1.29, 1.82) is 0 Å². The lowest BCUT2D eigenvalue weighted by molar-refractivity contribution is 0.0949. The van der Waals surface area contributed by atoms with Gasteiger partial charge in [-0.2, -0.15) is 0 Å². The molecule has 0 bridgehead atoms. The first kappa shape index (κ1) is 11.0. The fourth-order valence-electron chi connectivity index (χ4n) is 2.13. The third-order valence-corrected chi connectivity index (χ3v) is 2.97. The zero-order valence-electron chi connectivity index (χ0n) is 9.54. The molecule has 0 saturated carbocycles. The van der Waals surface area contributed by atoms with E-state index in [4.69, 9.17) is 0 Å². The first-order valence-corrected chi connectivity index (χ1v) is 5.57. The zero-order chi connectivity index (χ0) is 12.5. The second-order valence-corrected chi connectivity index (χ2v) is 4.16. The zero-order valence-corrected chi connectivity index (χ0v) is 9.54. The maximum Gasteiger partial charge on any atom is 0.293 e. The van der Waals surface area contributed by atoms with Gasteiger partial charge in [0, 0.05) is 23.7 Å². The number of hydrogen-bond donors (Lipinski definition) is 0. The standard InChI is InChI=1S/C12H9BN3O2/c17-7-13-16-5-11-9(12(18)6-16)3-8-1-2-14-4-10(8)15-11/h1-4,7H,5-6H2. The predicted octanol–water partition coefficient (Wildman–Crippen LogP) is 0.438. The van der Waals surface area contributed by atoms with Gasteiger partial charge in [-0.1, -0.05) is 0 Å². The molecule has 0 spiro atoms. The molecule has 1 radical (unpaired) electrons. The molecule has 3 rings (SSSR count). The molecule has 0 amide bonds. The molecule has 0 fully saturated rings. The van der Waals surface area contributed by atoms with Crippen molar-refractivity contribution in [3.05, 3.63) is 35.8 Å². The summed E-state index contributed by atoms with van der Waals surface area (Å²) in [6.07, 6.45) is 4.03. The van der Waals surface area contributed by atoms with E-state index in [9.17, 15) is 9.59 Å². The summed E-state index contributed by atoms with van der Waals surface area (Å²) >= 11 is 0. The van der Waals surface area contributed by atoms with Gasteiger partial charge in [-0.3, -0.25) is 9.78 Å². The first-order valence-electron chi connectivity index (χ1n) is 5.57. The average Bonchev–Trinajstić information content (AvgIpc) is 2.37. The van der Waals surface area contributed by atoms with Crippen molar-refractivity contribution in [3.8, 4) is 0 Å². The normalized spacial score (nSPS) is 15.4. The van der Waals surface area contributed by atoms with Gasteiger partial charge in [0.25, 0.3) is 7.41 Å². The van der Waals surface area contributed by atoms with Crippen molar-refractivity contribution >= 4 is 30.3 Å². The molecule has 2 aromatic heterocycles. The molecule has 1 aliphatic heterocycles. The van der Waals surface area contributed by atoms with Crippen LogP contribution in [0.3, 0.4) is 0 Å². The van der Waals surface area contributed by atoms with E-state index >= 15 is 0 Å². The number of fused-ring (bicyclic) bond motifs is 2. The number of pyridine rings is 2. The minimum Gasteiger partial charge on any atom is -0.328 e. The summed E-state index contributed by atoms with van der Waals surface area (Å²) < 4.78 is 0. The number of hydrogen-bond acceptors (Lipinski definition) is 5. The van der Waals surface area contributed by atoms with E-state index in [1.807, 2.05) is 12.1 Å². The van der Waals surface area contributed by atoms with Gasteiger partial charge in [0.15, 0.2) is 5.78 Å². The van der Waals surface area contributed by atoms with Crippen molar-refractivity contribution in [2.24, 2.45) is 0 Å². The Balaban J connectivity index is 2.10. The fourth-order valence-corrected chi connectivity index (χ4v) is 2.13. The maximum atomic E-state index is 12.0. The van der Waals surface area contributed by atoms with Crippen LogP contribution in [0.1, 0.15) is 16.1 Å². The van der Waals surface area contributed by atoms with Gasteiger partial charge in [-0.15, -0.1) is 0 Å². The largest absolute Gasteiger partial charge is 0.328 e. The van der Waals surface area contributed by atoms with E-state index in [1.54, 1.807) is 17.2 Å². The molecule has 0 atom stereocenters. The number of carbonyl (C=O) groups is 2. The van der Waals surface area contributed by atoms with Crippen LogP contribution in [0.25, 0.3) is 10.9 Å². The molecule has 0 aromatic carbocycles. The van der Waals surface area contributed by atoms with Crippen molar-refractivity contribution in [1.82, 2.24) is 14.8 Å². The van der Waals surface area contributed by atoms with Crippen molar-refractivity contribution in [2.75, 3.05) is 6.54 Å². The molecule has 87 valence electrons. The topological polar surface area (TPSA) is 63.2 Å². The molecule has 0 aliphatic carbocycles. The Hall–Kier alpha value is -2.08. The van der Waals surface area contributed by atoms with Crippen LogP contribution in [0.4, 0.5) is 0 Å². The van der Waals surface area contributed by atoms with Gasteiger partial charge in [-0.05, 0) is 12.1 Å². The molecule has 5 nitrogen and oxygen atoms in total. The van der Waals surface area contributed by atoms with E-state index in [2.05, 4.69) is 9.97 Å². The number of aromatic nitrogens is 2. The Morgan fingerprint density at radius 1 is 1.39 bits per heavy atom. The molecule has 0 N–H and O–H groups in total. The van der Waals surface area contributed by atoms with Gasteiger partial charge in [0.1, 0.15) is 0 Å². The molecule has 0 unspecified atom stereocenters. The molecule has 6 heteroatoms. The minimum absolute atomic E-state index is 0.0134. The minimum atomic E-state index is -0.0134. The van der Waals surface area contributed by atoms with Crippen LogP contribution < -0.4 is 0 Å². The van der Waals surface area contributed by atoms with E-state index in [1.165, 1.54) is 7.41 Å². The third-order valence-electron chi connectivity index (χ3n) is 2.97. The quantitative estimate of drug-likeness (QED) is 0.561. The highest BCUT2D eigenvalue weighted by atomic mass is 16.1. The Morgan fingerprint density at radius 3 is 3.11 bits per heavy atom. The lowest BCUT2D eigenvalue weighted by Crippen LogP contribution is -2.38. The summed E-state index contributed by atoms with van der Waals surface area (Å²) in [7, 11) is 1.37. The van der Waals surface area contributed by atoms with Crippen LogP contribution in [0.2, 0.25) is 0 Å². The lowest BCUT2D eigenvalue weighted by atomic mass is 9.89. The summed E-state index contributed by atoms with van der Waals surface area (Å²) in [5, 5.41) is 0.907. The average molecular weight is 238 g/mol. The molecule has 1 aliphatic rings. The summed E-state index contributed by atoms with van der Waals surface area (Å²) in [6, 6.07) is 3.68. The number of ketones is 1. The van der Waals surface area contributed by atoms with Gasteiger partial charge >= 0.3 is 0 Å². The number of Topliss-reactive ketones (excluding diaryl/α,β-unsaturated/α-hetero) is 1. The Labute approximate surface area is 104 Å². The smallest absolute Gasteiger partial charge is 0.293 e.